The minimum atomic E-state index is -1.17. The van der Waals surface area contributed by atoms with Crippen LogP contribution < -0.4 is 5.73 Å². The Bertz CT molecular complexity index is 152. The standard InChI is InChI=1S/C5H9NO4.Mn.2H2O/c6-3(5(9)10)1-2-4(7)8;;;/h3H,1-2,6H2,(H,7,8)(H,9,10);;2*1H2/t3-;;;/m1.../s1. The average molecular weight is 238 g/mol. The molecule has 0 aliphatic heterocycles. The number of nitrogens with two attached hydrogens (primary N) is 1. The Morgan fingerprint density at radius 2 is 1.62 bits per heavy atom. The second-order valence-corrected chi connectivity index (χ2v) is 1.88. The van der Waals surface area contributed by atoms with Crippen molar-refractivity contribution >= 4 is 11.9 Å². The minimum absolute atomic E-state index is 0. The van der Waals surface area contributed by atoms with Crippen LogP contribution in [0.5, 0.6) is 0 Å². The van der Waals surface area contributed by atoms with Gasteiger partial charge in [-0.1, -0.05) is 0 Å². The molecule has 0 aromatic rings. The van der Waals surface area contributed by atoms with Gasteiger partial charge in [-0.3, -0.25) is 9.59 Å². The molecular weight excluding hydrogens is 225 g/mol. The van der Waals surface area contributed by atoms with Gasteiger partial charge in [-0.25, -0.2) is 0 Å². The van der Waals surface area contributed by atoms with Crippen molar-refractivity contribution in [3.8, 4) is 0 Å². The molecule has 0 unspecified atom stereocenters. The maximum Gasteiger partial charge on any atom is 0.320 e. The summed E-state index contributed by atoms with van der Waals surface area (Å²) < 4.78 is 0. The molecule has 7 nitrogen and oxygen atoms in total. The van der Waals surface area contributed by atoms with Crippen LogP contribution in [-0.2, 0) is 26.7 Å². The van der Waals surface area contributed by atoms with Crippen molar-refractivity contribution in [3.05, 3.63) is 0 Å². The van der Waals surface area contributed by atoms with E-state index in [4.69, 9.17) is 15.9 Å². The topological polar surface area (TPSA) is 164 Å². The third-order valence-electron chi connectivity index (χ3n) is 0.986. The Balaban J connectivity index is -0.000000135. The number of hydrogen-bond acceptors (Lipinski definition) is 3. The fourth-order valence-corrected chi connectivity index (χ4v) is 0.402. The van der Waals surface area contributed by atoms with Crippen LogP contribution in [0.15, 0.2) is 0 Å². The first-order valence-corrected chi connectivity index (χ1v) is 2.74. The maximum absolute atomic E-state index is 9.99. The minimum Gasteiger partial charge on any atom is -0.481 e. The van der Waals surface area contributed by atoms with Crippen molar-refractivity contribution in [3.63, 3.8) is 0 Å². The maximum atomic E-state index is 9.99. The summed E-state index contributed by atoms with van der Waals surface area (Å²) >= 11 is 0. The Hall–Kier alpha value is -0.661. The van der Waals surface area contributed by atoms with E-state index in [1.54, 1.807) is 0 Å². The van der Waals surface area contributed by atoms with Crippen molar-refractivity contribution in [1.82, 2.24) is 0 Å². The number of carboxylic acid groups (broad SMARTS) is 2. The zero-order valence-electron chi connectivity index (χ0n) is 6.66. The monoisotopic (exact) mass is 238 g/mol. The number of aliphatic carboxylic acids is 2. The van der Waals surface area contributed by atoms with Crippen LogP contribution >= 0.6 is 0 Å². The van der Waals surface area contributed by atoms with Gasteiger partial charge in [0.05, 0.1) is 0 Å². The molecule has 0 saturated heterocycles. The van der Waals surface area contributed by atoms with E-state index < -0.39 is 18.0 Å². The van der Waals surface area contributed by atoms with Crippen molar-refractivity contribution in [2.75, 3.05) is 0 Å². The third-order valence-corrected chi connectivity index (χ3v) is 0.986. The molecule has 1 atom stereocenters. The molecule has 0 fully saturated rings. The van der Waals surface area contributed by atoms with Gasteiger partial charge in [0.1, 0.15) is 6.04 Å². The van der Waals surface area contributed by atoms with E-state index in [0.717, 1.165) is 0 Å². The molecule has 0 aliphatic carbocycles. The van der Waals surface area contributed by atoms with Crippen molar-refractivity contribution < 1.29 is 47.8 Å². The van der Waals surface area contributed by atoms with E-state index in [0.29, 0.717) is 0 Å². The summed E-state index contributed by atoms with van der Waals surface area (Å²) in [6, 6.07) is -1.06. The molecule has 0 aliphatic rings. The number of carbonyl (C=O) groups is 2. The van der Waals surface area contributed by atoms with Crippen LogP contribution in [0.1, 0.15) is 12.8 Å². The predicted molar refractivity (Wildman–Crippen MR) is 39.7 cm³/mol. The molecule has 0 saturated carbocycles. The first kappa shape index (κ1) is 22.8. The van der Waals surface area contributed by atoms with Gasteiger partial charge >= 0.3 is 11.9 Å². The Morgan fingerprint density at radius 3 is 1.85 bits per heavy atom. The molecule has 13 heavy (non-hydrogen) atoms. The molecule has 0 bridgehead atoms. The Kier molecular flexibility index (Phi) is 19.9. The van der Waals surface area contributed by atoms with Gasteiger partial charge in [-0.05, 0) is 6.42 Å². The SMILES string of the molecule is N[C@H](CCC(=O)O)C(=O)O.O.O.[Mn]. The normalized spacial score (nSPS) is 9.62. The van der Waals surface area contributed by atoms with E-state index in [9.17, 15) is 9.59 Å². The quantitative estimate of drug-likeness (QED) is 0.464. The first-order valence-electron chi connectivity index (χ1n) is 2.74. The third kappa shape index (κ3) is 14.2. The van der Waals surface area contributed by atoms with Gasteiger partial charge in [-0.15, -0.1) is 0 Å². The fourth-order valence-electron chi connectivity index (χ4n) is 0.402. The fraction of sp³-hybridized carbons (Fsp3) is 0.600. The van der Waals surface area contributed by atoms with E-state index in [2.05, 4.69) is 0 Å². The second kappa shape index (κ2) is 11.3. The molecule has 8 heteroatoms. The molecule has 0 heterocycles. The molecule has 81 valence electrons. The summed E-state index contributed by atoms with van der Waals surface area (Å²) in [7, 11) is 0. The van der Waals surface area contributed by atoms with Crippen LogP contribution in [-0.4, -0.2) is 39.1 Å². The van der Waals surface area contributed by atoms with Crippen molar-refractivity contribution in [1.29, 1.82) is 0 Å². The van der Waals surface area contributed by atoms with Crippen LogP contribution in [0, 0.1) is 0 Å². The molecule has 0 amide bonds. The molecule has 0 spiro atoms. The molecular formula is C5H13MnNO6. The summed E-state index contributed by atoms with van der Waals surface area (Å²) in [5.41, 5.74) is 5.00. The zero-order chi connectivity index (χ0) is 8.15. The van der Waals surface area contributed by atoms with Gasteiger partial charge in [-0.2, -0.15) is 0 Å². The summed E-state index contributed by atoms with van der Waals surface area (Å²) in [6.07, 6.45) is -0.224. The van der Waals surface area contributed by atoms with Crippen molar-refractivity contribution in [2.24, 2.45) is 5.73 Å². The number of carboxylic acids is 2. The van der Waals surface area contributed by atoms with Gasteiger partial charge < -0.3 is 26.9 Å². The Morgan fingerprint density at radius 1 is 1.23 bits per heavy atom. The summed E-state index contributed by atoms with van der Waals surface area (Å²) in [6.45, 7) is 0. The van der Waals surface area contributed by atoms with E-state index in [-0.39, 0.29) is 40.9 Å². The smallest absolute Gasteiger partial charge is 0.320 e. The van der Waals surface area contributed by atoms with Crippen LogP contribution in [0.2, 0.25) is 0 Å². The molecule has 0 rings (SSSR count). The summed E-state index contributed by atoms with van der Waals surface area (Å²) in [4.78, 5) is 19.9. The van der Waals surface area contributed by atoms with Crippen LogP contribution in [0.4, 0.5) is 0 Å². The second-order valence-electron chi connectivity index (χ2n) is 1.88. The summed E-state index contributed by atoms with van der Waals surface area (Å²) in [5, 5.41) is 16.3. The van der Waals surface area contributed by atoms with Crippen molar-refractivity contribution in [2.45, 2.75) is 18.9 Å². The molecule has 1 radical (unpaired) electrons. The van der Waals surface area contributed by atoms with Crippen LogP contribution in [0.25, 0.3) is 0 Å². The largest absolute Gasteiger partial charge is 0.481 e. The van der Waals surface area contributed by atoms with Crippen LogP contribution in [0.3, 0.4) is 0 Å². The van der Waals surface area contributed by atoms with Gasteiger partial charge in [0.2, 0.25) is 0 Å². The first-order chi connectivity index (χ1) is 4.54. The van der Waals surface area contributed by atoms with E-state index in [1.807, 2.05) is 0 Å². The number of hydrogen-bond donors (Lipinski definition) is 3. The van der Waals surface area contributed by atoms with Gasteiger partial charge in [0, 0.05) is 23.5 Å². The zero-order valence-corrected chi connectivity index (χ0v) is 7.84. The van der Waals surface area contributed by atoms with Gasteiger partial charge in [0.25, 0.3) is 0 Å². The predicted octanol–water partition coefficient (Wildman–Crippen LogP) is -2.39. The molecule has 0 aromatic heterocycles. The molecule has 0 aromatic carbocycles. The Labute approximate surface area is 85.0 Å². The van der Waals surface area contributed by atoms with Gasteiger partial charge in [0.15, 0.2) is 0 Å². The number of rotatable bonds is 4. The summed E-state index contributed by atoms with van der Waals surface area (Å²) in [5.74, 6) is -2.20. The van der Waals surface area contributed by atoms with E-state index in [1.165, 1.54) is 0 Å². The van der Waals surface area contributed by atoms with E-state index >= 15 is 0 Å². The average Bonchev–Trinajstić information content (AvgIpc) is 1.82. The molecule has 8 N–H and O–H groups in total.